The smallest absolute Gasteiger partial charge is 0.341 e. The molecule has 0 saturated carbocycles. The highest BCUT2D eigenvalue weighted by Crippen LogP contribution is 2.26. The number of benzene rings is 1. The van der Waals surface area contributed by atoms with Crippen molar-refractivity contribution < 1.29 is 23.1 Å². The Kier molecular flexibility index (Phi) is 6.80. The lowest BCUT2D eigenvalue weighted by Gasteiger charge is -2.36. The molecule has 1 fully saturated rings. The molecule has 1 aliphatic heterocycles. The van der Waals surface area contributed by atoms with Crippen LogP contribution in [-0.2, 0) is 9.53 Å². The maximum Gasteiger partial charge on any atom is 0.341 e. The van der Waals surface area contributed by atoms with E-state index in [9.17, 15) is 18.4 Å². The number of nitrogens with zero attached hydrogens (tertiary/aromatic N) is 3. The van der Waals surface area contributed by atoms with E-state index in [1.54, 1.807) is 4.90 Å². The molecule has 1 aromatic carbocycles. The number of hydrogen-bond donors (Lipinski definition) is 0. The van der Waals surface area contributed by atoms with E-state index < -0.39 is 18.3 Å². The zero-order valence-electron chi connectivity index (χ0n) is 15.0. The van der Waals surface area contributed by atoms with Gasteiger partial charge in [-0.2, -0.15) is 8.78 Å². The Morgan fingerprint density at radius 2 is 1.79 bits per heavy atom. The van der Waals surface area contributed by atoms with Crippen LogP contribution in [0, 0.1) is 0 Å². The third-order valence-corrected chi connectivity index (χ3v) is 5.00. The van der Waals surface area contributed by atoms with Crippen molar-refractivity contribution in [1.82, 2.24) is 9.88 Å². The second kappa shape index (κ2) is 9.50. The summed E-state index contributed by atoms with van der Waals surface area (Å²) in [6.45, 7) is 1.97. The number of alkyl halides is 2. The highest BCUT2D eigenvalue weighted by atomic mass is 32.2. The molecule has 2 heterocycles. The highest BCUT2D eigenvalue weighted by molar-refractivity contribution is 7.99. The van der Waals surface area contributed by atoms with Crippen LogP contribution in [0.15, 0.2) is 53.7 Å². The van der Waals surface area contributed by atoms with Gasteiger partial charge < -0.3 is 14.5 Å². The average Bonchev–Trinajstić information content (AvgIpc) is 2.72. The molecular formula is C19H19F2N3O3S. The predicted octanol–water partition coefficient (Wildman–Crippen LogP) is 2.90. The molecule has 1 saturated heterocycles. The van der Waals surface area contributed by atoms with Crippen LogP contribution in [0.3, 0.4) is 0 Å². The van der Waals surface area contributed by atoms with Gasteiger partial charge >= 0.3 is 5.97 Å². The molecule has 3 rings (SSSR count). The summed E-state index contributed by atoms with van der Waals surface area (Å²) in [4.78, 5) is 32.1. The number of piperazine rings is 1. The predicted molar refractivity (Wildman–Crippen MR) is 102 cm³/mol. The number of carbonyl (C=O) groups is 2. The molecule has 0 aliphatic carbocycles. The highest BCUT2D eigenvalue weighted by Gasteiger charge is 2.23. The number of ether oxygens (including phenoxy) is 1. The van der Waals surface area contributed by atoms with E-state index >= 15 is 0 Å². The van der Waals surface area contributed by atoms with Crippen LogP contribution in [0.25, 0.3) is 0 Å². The summed E-state index contributed by atoms with van der Waals surface area (Å²) in [6, 6.07) is 12.7. The number of halogens is 2. The van der Waals surface area contributed by atoms with Crippen molar-refractivity contribution >= 4 is 29.3 Å². The molecule has 0 bridgehead atoms. The minimum atomic E-state index is -2.70. The number of amides is 1. The fourth-order valence-electron chi connectivity index (χ4n) is 2.87. The molecule has 0 radical (unpaired) electrons. The molecule has 0 N–H and O–H groups in total. The van der Waals surface area contributed by atoms with E-state index in [4.69, 9.17) is 4.74 Å². The molecule has 2 aromatic rings. The molecule has 28 heavy (non-hydrogen) atoms. The monoisotopic (exact) mass is 407 g/mol. The summed E-state index contributed by atoms with van der Waals surface area (Å²) in [5, 5.41) is -0.119. The zero-order valence-corrected chi connectivity index (χ0v) is 15.8. The fraction of sp³-hybridized carbons (Fsp3) is 0.316. The van der Waals surface area contributed by atoms with Crippen molar-refractivity contribution in [3.05, 3.63) is 54.2 Å². The molecule has 6 nitrogen and oxygen atoms in total. The summed E-state index contributed by atoms with van der Waals surface area (Å²) in [7, 11) is 0. The first-order chi connectivity index (χ1) is 13.5. The Labute approximate surface area is 165 Å². The molecule has 148 valence electrons. The Balaban J connectivity index is 1.50. The van der Waals surface area contributed by atoms with E-state index in [1.807, 2.05) is 30.3 Å². The van der Waals surface area contributed by atoms with E-state index in [-0.39, 0.29) is 28.3 Å². The Morgan fingerprint density at radius 3 is 2.46 bits per heavy atom. The van der Waals surface area contributed by atoms with Crippen molar-refractivity contribution in [3.63, 3.8) is 0 Å². The SMILES string of the molecule is O=C(OCC(=O)N1CCN(c2ccccc2)CC1)c1cccnc1SC(F)F. The fourth-order valence-corrected chi connectivity index (χ4v) is 3.44. The summed E-state index contributed by atoms with van der Waals surface area (Å²) in [5.74, 6) is -3.86. The van der Waals surface area contributed by atoms with Crippen LogP contribution < -0.4 is 4.90 Å². The molecule has 1 aliphatic rings. The lowest BCUT2D eigenvalue weighted by Crippen LogP contribution is -2.49. The number of esters is 1. The van der Waals surface area contributed by atoms with Crippen LogP contribution in [0.4, 0.5) is 14.5 Å². The van der Waals surface area contributed by atoms with Crippen LogP contribution in [0.5, 0.6) is 0 Å². The first-order valence-electron chi connectivity index (χ1n) is 8.69. The van der Waals surface area contributed by atoms with Crippen molar-refractivity contribution in [2.45, 2.75) is 10.8 Å². The normalized spacial score (nSPS) is 14.2. The topological polar surface area (TPSA) is 62.7 Å². The number of thioether (sulfide) groups is 1. The quantitative estimate of drug-likeness (QED) is 0.542. The lowest BCUT2D eigenvalue weighted by atomic mass is 10.2. The number of aromatic nitrogens is 1. The molecule has 0 spiro atoms. The summed E-state index contributed by atoms with van der Waals surface area (Å²) in [6.07, 6.45) is 1.32. The molecule has 0 unspecified atom stereocenters. The van der Waals surface area contributed by atoms with Gasteiger partial charge in [0.25, 0.3) is 11.7 Å². The van der Waals surface area contributed by atoms with Gasteiger partial charge in [0, 0.05) is 38.1 Å². The molecule has 9 heteroatoms. The van der Waals surface area contributed by atoms with Gasteiger partial charge in [-0.05, 0) is 36.0 Å². The summed E-state index contributed by atoms with van der Waals surface area (Å²) in [5.41, 5.74) is 1.02. The van der Waals surface area contributed by atoms with Gasteiger partial charge in [0.2, 0.25) is 0 Å². The second-order valence-corrected chi connectivity index (χ2v) is 6.99. The number of carbonyl (C=O) groups excluding carboxylic acids is 2. The van der Waals surface area contributed by atoms with E-state index in [1.165, 1.54) is 18.3 Å². The largest absolute Gasteiger partial charge is 0.452 e. The minimum absolute atomic E-state index is 0.0745. The molecule has 0 atom stereocenters. The van der Waals surface area contributed by atoms with Gasteiger partial charge in [0.15, 0.2) is 6.61 Å². The first kappa shape index (κ1) is 20.1. The molecule has 1 amide bonds. The molecular weight excluding hydrogens is 388 g/mol. The van der Waals surface area contributed by atoms with Crippen molar-refractivity contribution in [1.29, 1.82) is 0 Å². The summed E-state index contributed by atoms with van der Waals surface area (Å²) >= 11 is 0.168. The van der Waals surface area contributed by atoms with Crippen molar-refractivity contribution in [2.75, 3.05) is 37.7 Å². The third-order valence-electron chi connectivity index (χ3n) is 4.27. The maximum absolute atomic E-state index is 12.6. The third kappa shape index (κ3) is 5.19. The standard InChI is InChI=1S/C19H19F2N3O3S/c20-19(21)28-17-15(7-4-8-22-17)18(26)27-13-16(25)24-11-9-23(10-12-24)14-5-2-1-3-6-14/h1-8,19H,9-13H2. The van der Waals surface area contributed by atoms with Gasteiger partial charge in [0.05, 0.1) is 5.56 Å². The van der Waals surface area contributed by atoms with E-state index in [2.05, 4.69) is 9.88 Å². The average molecular weight is 407 g/mol. The van der Waals surface area contributed by atoms with Crippen LogP contribution in [0.2, 0.25) is 0 Å². The van der Waals surface area contributed by atoms with Crippen LogP contribution >= 0.6 is 11.8 Å². The Bertz CT molecular complexity index is 815. The van der Waals surface area contributed by atoms with Gasteiger partial charge in [-0.25, -0.2) is 9.78 Å². The van der Waals surface area contributed by atoms with Gasteiger partial charge in [-0.15, -0.1) is 0 Å². The van der Waals surface area contributed by atoms with Gasteiger partial charge in [0.1, 0.15) is 5.03 Å². The Hall–Kier alpha value is -2.68. The summed E-state index contributed by atoms with van der Waals surface area (Å²) < 4.78 is 30.2. The minimum Gasteiger partial charge on any atom is -0.452 e. The van der Waals surface area contributed by atoms with Gasteiger partial charge in [-0.1, -0.05) is 18.2 Å². The number of pyridine rings is 1. The molecule has 1 aromatic heterocycles. The van der Waals surface area contributed by atoms with E-state index in [0.29, 0.717) is 26.2 Å². The number of anilines is 1. The second-order valence-electron chi connectivity index (χ2n) is 6.01. The van der Waals surface area contributed by atoms with Crippen molar-refractivity contribution in [2.24, 2.45) is 0 Å². The zero-order chi connectivity index (χ0) is 19.9. The number of hydrogen-bond acceptors (Lipinski definition) is 6. The van der Waals surface area contributed by atoms with Crippen LogP contribution in [0.1, 0.15) is 10.4 Å². The van der Waals surface area contributed by atoms with Crippen LogP contribution in [-0.4, -0.2) is 60.3 Å². The number of para-hydroxylation sites is 1. The lowest BCUT2D eigenvalue weighted by molar-refractivity contribution is -0.134. The first-order valence-corrected chi connectivity index (χ1v) is 9.57. The number of rotatable bonds is 6. The van der Waals surface area contributed by atoms with Gasteiger partial charge in [-0.3, -0.25) is 4.79 Å². The van der Waals surface area contributed by atoms with Crippen molar-refractivity contribution in [3.8, 4) is 0 Å². The maximum atomic E-state index is 12.6. The van der Waals surface area contributed by atoms with E-state index in [0.717, 1.165) is 5.69 Å². The Morgan fingerprint density at radius 1 is 1.07 bits per heavy atom.